The molecule has 1 aliphatic heterocycles. The molecule has 0 bridgehead atoms. The van der Waals surface area contributed by atoms with Crippen LogP contribution in [-0.4, -0.2) is 48.0 Å². The van der Waals surface area contributed by atoms with E-state index in [9.17, 15) is 22.8 Å². The molecule has 0 saturated heterocycles. The Balaban J connectivity index is 2.08. The third-order valence-corrected chi connectivity index (χ3v) is 7.89. The number of halogens is 5. The predicted octanol–water partition coefficient (Wildman–Crippen LogP) is 8.46. The fourth-order valence-electron chi connectivity index (χ4n) is 4.39. The van der Waals surface area contributed by atoms with Crippen molar-refractivity contribution in [1.82, 2.24) is 5.01 Å². The van der Waals surface area contributed by atoms with Gasteiger partial charge in [-0.05, 0) is 80.2 Å². The smallest absolute Gasteiger partial charge is 0.422 e. The Labute approximate surface area is 237 Å². The number of carbonyl (C=O) groups is 2. The molecule has 0 saturated carbocycles. The number of hydrogen-bond donors (Lipinski definition) is 0. The summed E-state index contributed by atoms with van der Waals surface area (Å²) >= 11 is 11.1. The molecule has 12 heteroatoms. The number of carbonyl (C=O) groups excluding carboxylic acids is 2. The van der Waals surface area contributed by atoms with Gasteiger partial charge in [0.25, 0.3) is 0 Å². The summed E-state index contributed by atoms with van der Waals surface area (Å²) in [6.45, 7) is 3.80. The summed E-state index contributed by atoms with van der Waals surface area (Å²) in [6.07, 6.45) is -1.45. The van der Waals surface area contributed by atoms with Crippen LogP contribution in [0.25, 0.3) is 0 Å². The van der Waals surface area contributed by atoms with Gasteiger partial charge in [0.05, 0.1) is 35.1 Å². The van der Waals surface area contributed by atoms with Crippen molar-refractivity contribution in [2.75, 3.05) is 30.1 Å². The van der Waals surface area contributed by atoms with Crippen LogP contribution in [0.5, 0.6) is 0 Å². The molecule has 1 heterocycles. The third kappa shape index (κ3) is 6.66. The molecule has 3 rings (SSSR count). The van der Waals surface area contributed by atoms with Gasteiger partial charge in [-0.1, -0.05) is 40.5 Å². The molecular formula is C26H28BrClF3N3O3S. The van der Waals surface area contributed by atoms with Crippen molar-refractivity contribution in [1.29, 1.82) is 0 Å². The zero-order chi connectivity index (χ0) is 28.1. The molecule has 2 aromatic carbocycles. The number of hydrogen-bond acceptors (Lipinski definition) is 5. The maximum absolute atomic E-state index is 13.8. The first-order valence-corrected chi connectivity index (χ1v) is 14.5. The van der Waals surface area contributed by atoms with E-state index in [4.69, 9.17) is 16.3 Å². The molecule has 6 nitrogen and oxygen atoms in total. The summed E-state index contributed by atoms with van der Waals surface area (Å²) in [5, 5.41) is 5.35. The highest BCUT2D eigenvalue weighted by Crippen LogP contribution is 2.42. The van der Waals surface area contributed by atoms with Crippen LogP contribution in [-0.2, 0) is 10.9 Å². The highest BCUT2D eigenvalue weighted by molar-refractivity contribution is 9.10. The second kappa shape index (κ2) is 12.7. The minimum Gasteiger partial charge on any atom is -0.449 e. The van der Waals surface area contributed by atoms with Gasteiger partial charge in [0.1, 0.15) is 0 Å². The number of amides is 3. The molecule has 2 aromatic rings. The van der Waals surface area contributed by atoms with Crippen LogP contribution >= 0.6 is 39.3 Å². The standard InChI is InChI=1S/C26H28BrClF3N3O3S/c1-4-25(13-6-14-38-3)16-33(32-22(25)17-7-12-20(21(28)15-17)26(29,30)31)23(35)34(24(36)37-5-2)19-10-8-18(27)9-11-19/h7-12,15H,4-6,13-14,16H2,1-3H3. The molecule has 0 spiro atoms. The summed E-state index contributed by atoms with van der Waals surface area (Å²) < 4.78 is 45.9. The van der Waals surface area contributed by atoms with Crippen molar-refractivity contribution in [3.8, 4) is 0 Å². The molecule has 38 heavy (non-hydrogen) atoms. The Hall–Kier alpha value is -2.24. The van der Waals surface area contributed by atoms with Crippen LogP contribution in [0.15, 0.2) is 52.0 Å². The SMILES string of the molecule is CCOC(=O)N(C(=O)N1CC(CC)(CCCSC)C(c2ccc(C(F)(F)F)c(Cl)c2)=N1)c1ccc(Br)cc1. The van der Waals surface area contributed by atoms with Crippen molar-refractivity contribution in [2.45, 2.75) is 39.3 Å². The van der Waals surface area contributed by atoms with E-state index in [1.807, 2.05) is 13.2 Å². The average Bonchev–Trinajstić information content (AvgIpc) is 3.25. The van der Waals surface area contributed by atoms with E-state index in [1.54, 1.807) is 43.0 Å². The van der Waals surface area contributed by atoms with E-state index < -0.39 is 34.3 Å². The zero-order valence-corrected chi connectivity index (χ0v) is 24.3. The Kier molecular flexibility index (Phi) is 10.2. The molecule has 1 unspecified atom stereocenters. The average molecular weight is 635 g/mol. The summed E-state index contributed by atoms with van der Waals surface area (Å²) in [5.41, 5.74) is -0.431. The van der Waals surface area contributed by atoms with Crippen molar-refractivity contribution < 1.29 is 27.5 Å². The van der Waals surface area contributed by atoms with Gasteiger partial charge in [-0.15, -0.1) is 0 Å². The molecule has 0 fully saturated rings. The first-order valence-electron chi connectivity index (χ1n) is 12.0. The normalized spacial score (nSPS) is 17.4. The first-order chi connectivity index (χ1) is 18.0. The number of benzene rings is 2. The molecule has 1 atom stereocenters. The summed E-state index contributed by atoms with van der Waals surface area (Å²) in [7, 11) is 0. The van der Waals surface area contributed by atoms with Crippen LogP contribution in [0, 0.1) is 5.41 Å². The maximum atomic E-state index is 13.8. The predicted molar refractivity (Wildman–Crippen MR) is 149 cm³/mol. The van der Waals surface area contributed by atoms with Crippen LogP contribution in [0.1, 0.15) is 44.2 Å². The lowest BCUT2D eigenvalue weighted by Gasteiger charge is -2.31. The van der Waals surface area contributed by atoms with E-state index in [0.29, 0.717) is 29.8 Å². The highest BCUT2D eigenvalue weighted by Gasteiger charge is 2.46. The molecule has 0 aliphatic carbocycles. The molecule has 0 aromatic heterocycles. The topological polar surface area (TPSA) is 62.2 Å². The van der Waals surface area contributed by atoms with Gasteiger partial charge in [0.2, 0.25) is 0 Å². The minimum atomic E-state index is -4.60. The van der Waals surface area contributed by atoms with Gasteiger partial charge >= 0.3 is 18.3 Å². The minimum absolute atomic E-state index is 0.0608. The van der Waals surface area contributed by atoms with Crippen molar-refractivity contribution in [3.05, 3.63) is 63.1 Å². The molecular weight excluding hydrogens is 607 g/mol. The largest absolute Gasteiger partial charge is 0.449 e. The van der Waals surface area contributed by atoms with Crippen LogP contribution in [0.4, 0.5) is 28.4 Å². The quantitative estimate of drug-likeness (QED) is 0.273. The van der Waals surface area contributed by atoms with Crippen molar-refractivity contribution in [3.63, 3.8) is 0 Å². The number of hydrazone groups is 1. The van der Waals surface area contributed by atoms with Crippen molar-refractivity contribution >= 4 is 62.8 Å². The number of imide groups is 1. The van der Waals surface area contributed by atoms with Gasteiger partial charge in [-0.25, -0.2) is 14.6 Å². The molecule has 0 radical (unpaired) electrons. The maximum Gasteiger partial charge on any atom is 0.422 e. The van der Waals surface area contributed by atoms with E-state index >= 15 is 0 Å². The molecule has 3 amide bonds. The van der Waals surface area contributed by atoms with Gasteiger partial charge in [-0.3, -0.25) is 0 Å². The fourth-order valence-corrected chi connectivity index (χ4v) is 5.37. The van der Waals surface area contributed by atoms with E-state index in [-0.39, 0.29) is 13.2 Å². The van der Waals surface area contributed by atoms with Crippen LogP contribution < -0.4 is 4.90 Å². The van der Waals surface area contributed by atoms with E-state index in [1.165, 1.54) is 17.1 Å². The number of anilines is 1. The number of urea groups is 1. The lowest BCUT2D eigenvalue weighted by atomic mass is 9.74. The lowest BCUT2D eigenvalue weighted by Crippen LogP contribution is -2.46. The van der Waals surface area contributed by atoms with E-state index in [2.05, 4.69) is 21.0 Å². The second-order valence-corrected chi connectivity index (χ2v) is 11.0. The Morgan fingerprint density at radius 2 is 1.89 bits per heavy atom. The highest BCUT2D eigenvalue weighted by atomic mass is 79.9. The summed E-state index contributed by atoms with van der Waals surface area (Å²) in [4.78, 5) is 27.5. The number of alkyl halides is 3. The van der Waals surface area contributed by atoms with Gasteiger partial charge in [0.15, 0.2) is 0 Å². The molecule has 0 N–H and O–H groups in total. The van der Waals surface area contributed by atoms with Gasteiger partial charge < -0.3 is 4.74 Å². The second-order valence-electron chi connectivity index (χ2n) is 8.72. The van der Waals surface area contributed by atoms with Crippen molar-refractivity contribution in [2.24, 2.45) is 10.5 Å². The van der Waals surface area contributed by atoms with Crippen LogP contribution in [0.3, 0.4) is 0 Å². The number of nitrogens with zero attached hydrogens (tertiary/aromatic N) is 3. The lowest BCUT2D eigenvalue weighted by molar-refractivity contribution is -0.137. The monoisotopic (exact) mass is 633 g/mol. The fraction of sp³-hybridized carbons (Fsp3) is 0.423. The third-order valence-electron chi connectivity index (χ3n) is 6.35. The molecule has 206 valence electrons. The van der Waals surface area contributed by atoms with E-state index in [0.717, 1.165) is 27.6 Å². The number of rotatable bonds is 8. The van der Waals surface area contributed by atoms with Gasteiger partial charge in [0, 0.05) is 9.89 Å². The number of ether oxygens (including phenoxy) is 1. The summed E-state index contributed by atoms with van der Waals surface area (Å²) in [6, 6.07) is 9.36. The summed E-state index contributed by atoms with van der Waals surface area (Å²) in [5.74, 6) is 0.866. The Morgan fingerprint density at radius 1 is 1.21 bits per heavy atom. The van der Waals surface area contributed by atoms with Crippen LogP contribution in [0.2, 0.25) is 5.02 Å². The first kappa shape index (κ1) is 30.3. The Bertz CT molecular complexity index is 1200. The molecule has 1 aliphatic rings. The Morgan fingerprint density at radius 3 is 2.45 bits per heavy atom. The van der Waals surface area contributed by atoms with Gasteiger partial charge in [-0.2, -0.15) is 34.9 Å². The zero-order valence-electron chi connectivity index (χ0n) is 21.1. The number of thioether (sulfide) groups is 1.